The fraction of sp³-hybridized carbons (Fsp3) is 0.393. The number of benzene rings is 2. The molecule has 186 valence electrons. The standard InChI is InChI=1S/C28H36ClN5O/c1-8-34-20(4)24(19(3)33-34)15-16-30-27(31-25-14-13-23(29)17-18(25)2)32-26(35)21-9-11-22(12-10-21)28(5,6)7/h9-14,17H,8,15-16H2,1-7H3,(H2,30,31,32,35). The first-order valence-electron chi connectivity index (χ1n) is 12.0. The van der Waals surface area contributed by atoms with Crippen molar-refractivity contribution in [3.63, 3.8) is 0 Å². The molecule has 3 rings (SSSR count). The molecule has 35 heavy (non-hydrogen) atoms. The first kappa shape index (κ1) is 26.5. The largest absolute Gasteiger partial charge is 0.326 e. The summed E-state index contributed by atoms with van der Waals surface area (Å²) in [6.07, 6.45) is 0.735. The number of rotatable bonds is 6. The Morgan fingerprint density at radius 3 is 2.34 bits per heavy atom. The van der Waals surface area contributed by atoms with Crippen molar-refractivity contribution in [3.05, 3.63) is 81.1 Å². The number of aryl methyl sites for hydroxylation is 3. The Bertz CT molecular complexity index is 1220. The number of amides is 1. The first-order valence-corrected chi connectivity index (χ1v) is 12.4. The lowest BCUT2D eigenvalue weighted by Gasteiger charge is -2.19. The van der Waals surface area contributed by atoms with Crippen LogP contribution in [0.15, 0.2) is 47.5 Å². The number of guanidine groups is 1. The average Bonchev–Trinajstić information content (AvgIpc) is 3.07. The highest BCUT2D eigenvalue weighted by Gasteiger charge is 2.16. The quantitative estimate of drug-likeness (QED) is 0.316. The van der Waals surface area contributed by atoms with Gasteiger partial charge in [-0.1, -0.05) is 44.5 Å². The van der Waals surface area contributed by atoms with E-state index in [1.54, 1.807) is 0 Å². The van der Waals surface area contributed by atoms with Crippen LogP contribution in [0, 0.1) is 20.8 Å². The molecule has 0 aliphatic carbocycles. The molecule has 1 aromatic heterocycles. The molecule has 0 saturated heterocycles. The second kappa shape index (κ2) is 11.1. The van der Waals surface area contributed by atoms with E-state index in [2.05, 4.69) is 50.4 Å². The van der Waals surface area contributed by atoms with Crippen LogP contribution in [0.25, 0.3) is 0 Å². The molecule has 6 nitrogen and oxygen atoms in total. The van der Waals surface area contributed by atoms with Gasteiger partial charge < -0.3 is 5.32 Å². The number of halogens is 1. The molecule has 1 heterocycles. The number of carbonyl (C=O) groups is 1. The zero-order valence-electron chi connectivity index (χ0n) is 21.8. The van der Waals surface area contributed by atoms with E-state index in [0.29, 0.717) is 23.1 Å². The third kappa shape index (κ3) is 6.73. The maximum Gasteiger partial charge on any atom is 0.257 e. The number of aliphatic imine (C=N–C) groups is 1. The number of anilines is 1. The number of hydrogen-bond donors (Lipinski definition) is 2. The lowest BCUT2D eigenvalue weighted by molar-refractivity contribution is 0.0977. The molecule has 0 bridgehead atoms. The molecule has 0 saturated carbocycles. The highest BCUT2D eigenvalue weighted by Crippen LogP contribution is 2.22. The second-order valence-electron chi connectivity index (χ2n) is 9.81. The molecule has 0 aliphatic heterocycles. The van der Waals surface area contributed by atoms with Crippen molar-refractivity contribution in [3.8, 4) is 0 Å². The van der Waals surface area contributed by atoms with E-state index in [0.717, 1.165) is 35.6 Å². The van der Waals surface area contributed by atoms with E-state index in [4.69, 9.17) is 16.6 Å². The summed E-state index contributed by atoms with van der Waals surface area (Å²) in [5.74, 6) is 0.188. The summed E-state index contributed by atoms with van der Waals surface area (Å²) in [4.78, 5) is 17.8. The van der Waals surface area contributed by atoms with Crippen LogP contribution in [-0.4, -0.2) is 28.2 Å². The number of nitrogens with one attached hydrogen (secondary N) is 2. The Hall–Kier alpha value is -3.12. The van der Waals surface area contributed by atoms with E-state index < -0.39 is 0 Å². The second-order valence-corrected chi connectivity index (χ2v) is 10.2. The van der Waals surface area contributed by atoms with E-state index in [-0.39, 0.29) is 11.3 Å². The normalized spacial score (nSPS) is 12.1. The molecule has 7 heteroatoms. The maximum absolute atomic E-state index is 13.1. The van der Waals surface area contributed by atoms with Crippen molar-refractivity contribution in [1.29, 1.82) is 0 Å². The van der Waals surface area contributed by atoms with Gasteiger partial charge in [0.25, 0.3) is 5.91 Å². The zero-order valence-corrected chi connectivity index (χ0v) is 22.5. The van der Waals surface area contributed by atoms with Crippen molar-refractivity contribution in [1.82, 2.24) is 15.1 Å². The van der Waals surface area contributed by atoms with Gasteiger partial charge in [-0.15, -0.1) is 0 Å². The van der Waals surface area contributed by atoms with Crippen LogP contribution >= 0.6 is 11.6 Å². The van der Waals surface area contributed by atoms with Crippen molar-refractivity contribution >= 4 is 29.2 Å². The summed E-state index contributed by atoms with van der Waals surface area (Å²) >= 11 is 6.12. The third-order valence-corrected chi connectivity index (χ3v) is 6.38. The molecule has 0 fully saturated rings. The van der Waals surface area contributed by atoms with Gasteiger partial charge in [-0.05, 0) is 86.6 Å². The molecule has 0 unspecified atom stereocenters. The molecule has 3 aromatic rings. The molecule has 0 spiro atoms. The molecule has 2 N–H and O–H groups in total. The molecule has 1 amide bonds. The number of aromatic nitrogens is 2. The van der Waals surface area contributed by atoms with E-state index in [9.17, 15) is 4.79 Å². The molecule has 2 aromatic carbocycles. The van der Waals surface area contributed by atoms with Gasteiger partial charge >= 0.3 is 0 Å². The minimum atomic E-state index is -0.213. The van der Waals surface area contributed by atoms with Crippen LogP contribution in [0.1, 0.15) is 66.1 Å². The summed E-state index contributed by atoms with van der Waals surface area (Å²) in [5.41, 5.74) is 6.95. The monoisotopic (exact) mass is 493 g/mol. The van der Waals surface area contributed by atoms with Crippen LogP contribution in [0.3, 0.4) is 0 Å². The fourth-order valence-corrected chi connectivity index (χ4v) is 4.22. The van der Waals surface area contributed by atoms with Gasteiger partial charge in [-0.2, -0.15) is 5.10 Å². The molecular weight excluding hydrogens is 458 g/mol. The Labute approximate surface area is 213 Å². The van der Waals surface area contributed by atoms with Crippen molar-refractivity contribution in [2.45, 2.75) is 66.8 Å². The Kier molecular flexibility index (Phi) is 8.39. The maximum atomic E-state index is 13.1. The van der Waals surface area contributed by atoms with Crippen LogP contribution in [0.4, 0.5) is 5.69 Å². The zero-order chi connectivity index (χ0) is 25.8. The Morgan fingerprint density at radius 1 is 1.09 bits per heavy atom. The predicted molar refractivity (Wildman–Crippen MR) is 146 cm³/mol. The SMILES string of the molecule is CCn1nc(C)c(CCN=C(NC(=O)c2ccc(C(C)(C)C)cc2)Nc2ccc(Cl)cc2C)c1C. The van der Waals surface area contributed by atoms with E-state index >= 15 is 0 Å². The van der Waals surface area contributed by atoms with Crippen LogP contribution < -0.4 is 10.6 Å². The molecule has 0 atom stereocenters. The lowest BCUT2D eigenvalue weighted by atomic mass is 9.87. The average molecular weight is 494 g/mol. The first-order chi connectivity index (χ1) is 16.5. The summed E-state index contributed by atoms with van der Waals surface area (Å²) in [6.45, 7) is 16.0. The minimum absolute atomic E-state index is 0.0249. The Balaban J connectivity index is 1.82. The number of carbonyl (C=O) groups excluding carboxylic acids is 1. The highest BCUT2D eigenvalue weighted by atomic mass is 35.5. The van der Waals surface area contributed by atoms with Crippen LogP contribution in [-0.2, 0) is 18.4 Å². The van der Waals surface area contributed by atoms with Gasteiger partial charge in [-0.25, -0.2) is 0 Å². The highest BCUT2D eigenvalue weighted by molar-refractivity contribution is 6.30. The van der Waals surface area contributed by atoms with Gasteiger partial charge in [0.1, 0.15) is 0 Å². The summed E-state index contributed by atoms with van der Waals surface area (Å²) in [7, 11) is 0. The van der Waals surface area contributed by atoms with Gasteiger partial charge in [-0.3, -0.25) is 19.8 Å². The van der Waals surface area contributed by atoms with Crippen LogP contribution in [0.2, 0.25) is 5.02 Å². The Morgan fingerprint density at radius 2 is 1.77 bits per heavy atom. The van der Waals surface area contributed by atoms with Crippen LogP contribution in [0.5, 0.6) is 0 Å². The van der Waals surface area contributed by atoms with Gasteiger partial charge in [0.05, 0.1) is 5.69 Å². The summed E-state index contributed by atoms with van der Waals surface area (Å²) < 4.78 is 2.01. The minimum Gasteiger partial charge on any atom is -0.326 e. The fourth-order valence-electron chi connectivity index (χ4n) is 3.99. The third-order valence-electron chi connectivity index (χ3n) is 6.15. The predicted octanol–water partition coefficient (Wildman–Crippen LogP) is 6.22. The topological polar surface area (TPSA) is 71.3 Å². The van der Waals surface area contributed by atoms with E-state index in [1.807, 2.05) is 61.0 Å². The van der Waals surface area contributed by atoms with Crippen molar-refractivity contribution in [2.24, 2.45) is 4.99 Å². The number of hydrogen-bond acceptors (Lipinski definition) is 3. The van der Waals surface area contributed by atoms with E-state index in [1.165, 1.54) is 11.1 Å². The summed E-state index contributed by atoms with van der Waals surface area (Å²) in [5, 5.41) is 11.5. The van der Waals surface area contributed by atoms with Gasteiger partial charge in [0, 0.05) is 35.1 Å². The van der Waals surface area contributed by atoms with Crippen molar-refractivity contribution in [2.75, 3.05) is 11.9 Å². The summed E-state index contributed by atoms with van der Waals surface area (Å²) in [6, 6.07) is 13.3. The lowest BCUT2D eigenvalue weighted by Crippen LogP contribution is -2.36. The van der Waals surface area contributed by atoms with Gasteiger partial charge in [0.15, 0.2) is 0 Å². The van der Waals surface area contributed by atoms with Crippen molar-refractivity contribution < 1.29 is 4.79 Å². The molecular formula is C28H36ClN5O. The molecule has 0 radical (unpaired) electrons. The smallest absolute Gasteiger partial charge is 0.257 e. The van der Waals surface area contributed by atoms with Gasteiger partial charge in [0.2, 0.25) is 5.96 Å². The molecule has 0 aliphatic rings. The number of nitrogens with zero attached hydrogens (tertiary/aromatic N) is 3.